The van der Waals surface area contributed by atoms with Crippen LogP contribution in [0.1, 0.15) is 191 Å². The van der Waals surface area contributed by atoms with Gasteiger partial charge in [-0.1, -0.05) is 211 Å². The lowest BCUT2D eigenvalue weighted by Gasteiger charge is -2.18. The molecule has 0 N–H and O–H groups in total. The molecule has 0 atom stereocenters. The Morgan fingerprint density at radius 3 is 1.55 bits per heavy atom. The van der Waals surface area contributed by atoms with Gasteiger partial charge in [0.1, 0.15) is 5.52 Å². The normalized spacial score (nSPS) is 12.0. The highest BCUT2D eigenvalue weighted by Crippen LogP contribution is 2.31. The highest BCUT2D eigenvalue weighted by molar-refractivity contribution is 5.78. The third-order valence-corrected chi connectivity index (χ3v) is 12.7. The average molecular weight is 832 g/mol. The first-order chi connectivity index (χ1) is 30.3. The molecule has 4 heteroatoms. The molecule has 2 heterocycles. The Kier molecular flexibility index (Phi) is 18.7. The maximum absolute atomic E-state index is 6.23. The largest absolute Gasteiger partial charge is 0.436 e. The van der Waals surface area contributed by atoms with Crippen molar-refractivity contribution in [3.63, 3.8) is 0 Å². The van der Waals surface area contributed by atoms with Crippen molar-refractivity contribution >= 4 is 23.3 Å². The van der Waals surface area contributed by atoms with Crippen LogP contribution < -0.4 is 0 Å². The van der Waals surface area contributed by atoms with Crippen molar-refractivity contribution in [1.82, 2.24) is 14.8 Å². The van der Waals surface area contributed by atoms with Gasteiger partial charge < -0.3 is 4.42 Å². The van der Waals surface area contributed by atoms with Crippen LogP contribution in [0.2, 0.25) is 0 Å². The van der Waals surface area contributed by atoms with E-state index < -0.39 is 0 Å². The molecule has 0 saturated heterocycles. The molecule has 0 amide bonds. The maximum Gasteiger partial charge on any atom is 0.227 e. The third kappa shape index (κ3) is 14.7. The van der Waals surface area contributed by atoms with Crippen LogP contribution in [-0.2, 0) is 18.3 Å². The number of fused-ring (bicyclic) bond motifs is 1. The summed E-state index contributed by atoms with van der Waals surface area (Å²) in [6.45, 7) is 11.3. The van der Waals surface area contributed by atoms with Crippen molar-refractivity contribution in [3.05, 3.63) is 125 Å². The van der Waals surface area contributed by atoms with Crippen molar-refractivity contribution in [3.8, 4) is 28.4 Å². The van der Waals surface area contributed by atoms with Crippen LogP contribution in [0.5, 0.6) is 0 Å². The van der Waals surface area contributed by atoms with E-state index in [9.17, 15) is 0 Å². The Morgan fingerprint density at radius 1 is 0.516 bits per heavy atom. The molecule has 2 aromatic heterocycles. The zero-order chi connectivity index (χ0) is 43.4. The fraction of sp³-hybridized carbons (Fsp3) is 0.483. The lowest BCUT2D eigenvalue weighted by molar-refractivity contribution is 0.556. The molecule has 0 aliphatic carbocycles. The van der Waals surface area contributed by atoms with Gasteiger partial charge in [-0.2, -0.15) is 5.10 Å². The molecule has 0 aliphatic heterocycles. The van der Waals surface area contributed by atoms with Crippen LogP contribution in [0.3, 0.4) is 0 Å². The molecule has 62 heavy (non-hydrogen) atoms. The van der Waals surface area contributed by atoms with Crippen LogP contribution in [0, 0.1) is 0 Å². The number of hydrogen-bond donors (Lipinski definition) is 0. The van der Waals surface area contributed by atoms with Gasteiger partial charge >= 0.3 is 0 Å². The molecule has 0 fully saturated rings. The highest BCUT2D eigenvalue weighted by atomic mass is 16.3. The number of unbranched alkanes of at least 4 members (excludes halogenated alkanes) is 18. The molecule has 6 rings (SSSR count). The van der Waals surface area contributed by atoms with Crippen molar-refractivity contribution in [2.24, 2.45) is 0 Å². The number of aromatic nitrogens is 3. The second-order valence-electron chi connectivity index (χ2n) is 19.0. The summed E-state index contributed by atoms with van der Waals surface area (Å²) < 4.78 is 8.31. The minimum Gasteiger partial charge on any atom is -0.436 e. The van der Waals surface area contributed by atoms with Crippen LogP contribution in [0.4, 0.5) is 0 Å². The number of aryl methyl sites for hydroxylation is 2. The molecular weight excluding hydrogens is 755 g/mol. The Bertz CT molecular complexity index is 2190. The Labute approximate surface area is 375 Å². The van der Waals surface area contributed by atoms with E-state index in [1.165, 1.54) is 151 Å². The predicted molar refractivity (Wildman–Crippen MR) is 267 cm³/mol. The first-order valence-electron chi connectivity index (χ1n) is 24.8. The average Bonchev–Trinajstić information content (AvgIpc) is 3.92. The van der Waals surface area contributed by atoms with Crippen LogP contribution >= 0.6 is 0 Å². The molecule has 0 bridgehead atoms. The van der Waals surface area contributed by atoms with Gasteiger partial charge in [0, 0.05) is 11.1 Å². The SMILES string of the molecule is CCCCCCCCCCCCc1ccc(C=Cc2cc(-c3ccc(CCCCCCCCCCCC)cc3)n(-c3ccc(-c4nc5cc(C(C)(C)C)ccc5o4)cc3)n2)cc1. The number of benzene rings is 4. The first-order valence-corrected chi connectivity index (χ1v) is 24.8. The van der Waals surface area contributed by atoms with Crippen LogP contribution in [0.25, 0.3) is 51.7 Å². The summed E-state index contributed by atoms with van der Waals surface area (Å²) in [5, 5.41) is 5.17. The molecule has 0 aliphatic rings. The van der Waals surface area contributed by atoms with E-state index in [0.717, 1.165) is 52.1 Å². The van der Waals surface area contributed by atoms with E-state index in [2.05, 4.69) is 142 Å². The summed E-state index contributed by atoms with van der Waals surface area (Å²) in [7, 11) is 0. The van der Waals surface area contributed by atoms with Crippen molar-refractivity contribution in [2.45, 2.75) is 181 Å². The topological polar surface area (TPSA) is 43.9 Å². The zero-order valence-corrected chi connectivity index (χ0v) is 39.2. The van der Waals surface area contributed by atoms with E-state index in [4.69, 9.17) is 14.5 Å². The first kappa shape index (κ1) is 46.8. The Balaban J connectivity index is 1.10. The highest BCUT2D eigenvalue weighted by Gasteiger charge is 2.17. The summed E-state index contributed by atoms with van der Waals surface area (Å²) >= 11 is 0. The Morgan fingerprint density at radius 2 is 1.02 bits per heavy atom. The third-order valence-electron chi connectivity index (χ3n) is 12.7. The van der Waals surface area contributed by atoms with E-state index in [1.807, 2.05) is 6.07 Å². The summed E-state index contributed by atoms with van der Waals surface area (Å²) in [4.78, 5) is 4.89. The minimum atomic E-state index is 0.0496. The maximum atomic E-state index is 6.23. The van der Waals surface area contributed by atoms with Gasteiger partial charge in [-0.05, 0) is 102 Å². The lowest BCUT2D eigenvalue weighted by Crippen LogP contribution is -2.10. The van der Waals surface area contributed by atoms with Gasteiger partial charge in [0.25, 0.3) is 0 Å². The van der Waals surface area contributed by atoms with E-state index in [-0.39, 0.29) is 5.41 Å². The summed E-state index contributed by atoms with van der Waals surface area (Å²) in [6.07, 6.45) is 34.0. The van der Waals surface area contributed by atoms with Gasteiger partial charge in [-0.25, -0.2) is 9.67 Å². The fourth-order valence-corrected chi connectivity index (χ4v) is 8.60. The van der Waals surface area contributed by atoms with E-state index >= 15 is 0 Å². The lowest BCUT2D eigenvalue weighted by atomic mass is 9.87. The monoisotopic (exact) mass is 832 g/mol. The number of oxazole rings is 1. The summed E-state index contributed by atoms with van der Waals surface area (Å²) in [5.41, 5.74) is 12.2. The molecule has 4 nitrogen and oxygen atoms in total. The van der Waals surface area contributed by atoms with Gasteiger partial charge in [-0.3, -0.25) is 0 Å². The van der Waals surface area contributed by atoms with Gasteiger partial charge in [-0.15, -0.1) is 0 Å². The number of nitrogens with zero attached hydrogens (tertiary/aromatic N) is 3. The van der Waals surface area contributed by atoms with Crippen LogP contribution in [0.15, 0.2) is 101 Å². The molecule has 0 unspecified atom stereocenters. The van der Waals surface area contributed by atoms with Crippen molar-refractivity contribution in [2.75, 3.05) is 0 Å². The van der Waals surface area contributed by atoms with Gasteiger partial charge in [0.2, 0.25) is 5.89 Å². The van der Waals surface area contributed by atoms with Gasteiger partial charge in [0.15, 0.2) is 5.58 Å². The van der Waals surface area contributed by atoms with E-state index in [0.29, 0.717) is 5.89 Å². The minimum absolute atomic E-state index is 0.0496. The molecule has 0 radical (unpaired) electrons. The predicted octanol–water partition coefficient (Wildman–Crippen LogP) is 17.7. The molecule has 0 saturated carbocycles. The van der Waals surface area contributed by atoms with Crippen LogP contribution in [-0.4, -0.2) is 14.8 Å². The fourth-order valence-electron chi connectivity index (χ4n) is 8.60. The molecule has 6 aromatic rings. The summed E-state index contributed by atoms with van der Waals surface area (Å²) in [5.74, 6) is 0.634. The summed E-state index contributed by atoms with van der Waals surface area (Å²) in [6, 6.07) is 35.3. The Hall–Kier alpha value is -4.70. The zero-order valence-electron chi connectivity index (χ0n) is 39.2. The van der Waals surface area contributed by atoms with Gasteiger partial charge in [0.05, 0.1) is 17.1 Å². The number of rotatable bonds is 27. The standard InChI is InChI=1S/C58H77N3O/c1-6-8-10-12-14-16-18-20-22-24-26-46-28-30-48(31-29-46)34-40-52-45-55(49-35-32-47(33-36-49)27-25-23-21-19-17-15-13-11-9-7-2)61(60-52)53-41-37-50(38-42-53)57-59-54-44-51(58(3,4)5)39-43-56(54)62-57/h28-45H,6-27H2,1-5H3. The van der Waals surface area contributed by atoms with E-state index in [1.54, 1.807) is 0 Å². The smallest absolute Gasteiger partial charge is 0.227 e. The van der Waals surface area contributed by atoms with Crippen molar-refractivity contribution < 1.29 is 4.42 Å². The molecular formula is C58H77N3O. The molecule has 330 valence electrons. The second-order valence-corrected chi connectivity index (χ2v) is 19.0. The van der Waals surface area contributed by atoms with Crippen molar-refractivity contribution in [1.29, 1.82) is 0 Å². The molecule has 4 aromatic carbocycles. The quantitative estimate of drug-likeness (QED) is 0.0486. The second kappa shape index (κ2) is 24.8. The molecule has 0 spiro atoms. The number of hydrogen-bond acceptors (Lipinski definition) is 3.